The largest absolute Gasteiger partial charge is 0.340 e. The van der Waals surface area contributed by atoms with E-state index in [0.717, 1.165) is 39.0 Å². The third-order valence-electron chi connectivity index (χ3n) is 4.97. The van der Waals surface area contributed by atoms with Crippen LogP contribution in [0.2, 0.25) is 0 Å². The summed E-state index contributed by atoms with van der Waals surface area (Å²) in [6.07, 6.45) is 3.15. The third kappa shape index (κ3) is 3.29. The summed E-state index contributed by atoms with van der Waals surface area (Å²) < 4.78 is 0. The maximum absolute atomic E-state index is 12.7. The summed E-state index contributed by atoms with van der Waals surface area (Å²) in [5.74, 6) is 1.01. The van der Waals surface area contributed by atoms with E-state index in [1.807, 2.05) is 0 Å². The summed E-state index contributed by atoms with van der Waals surface area (Å²) in [6.45, 7) is 10.5. The SMILES string of the molecule is CCN1CCN(C(=O)C2CC(C)CCC2N)CC1C. The topological polar surface area (TPSA) is 49.6 Å². The third-order valence-corrected chi connectivity index (χ3v) is 4.97. The van der Waals surface area contributed by atoms with Crippen LogP contribution in [0.1, 0.15) is 40.0 Å². The molecule has 4 unspecified atom stereocenters. The summed E-state index contributed by atoms with van der Waals surface area (Å²) in [5.41, 5.74) is 6.18. The Morgan fingerprint density at radius 2 is 2.00 bits per heavy atom. The second kappa shape index (κ2) is 6.23. The molecule has 2 rings (SSSR count). The predicted molar refractivity (Wildman–Crippen MR) is 77.8 cm³/mol. The standard InChI is InChI=1S/C15H29N3O/c1-4-17-7-8-18(10-12(17)3)15(19)13-9-11(2)5-6-14(13)16/h11-14H,4-10,16H2,1-3H3. The number of nitrogens with zero attached hydrogens (tertiary/aromatic N) is 2. The van der Waals surface area contributed by atoms with Gasteiger partial charge in [0.2, 0.25) is 5.91 Å². The number of likely N-dealkylation sites (N-methyl/N-ethyl adjacent to an activating group) is 1. The molecule has 0 spiro atoms. The molecule has 0 aromatic carbocycles. The van der Waals surface area contributed by atoms with Crippen LogP contribution in [-0.2, 0) is 4.79 Å². The first-order chi connectivity index (χ1) is 9.02. The molecule has 1 saturated carbocycles. The zero-order chi connectivity index (χ0) is 14.0. The van der Waals surface area contributed by atoms with Gasteiger partial charge in [0, 0.05) is 31.7 Å². The lowest BCUT2D eigenvalue weighted by Gasteiger charge is -2.42. The van der Waals surface area contributed by atoms with Gasteiger partial charge in [-0.2, -0.15) is 0 Å². The van der Waals surface area contributed by atoms with Crippen molar-refractivity contribution >= 4 is 5.91 Å². The fraction of sp³-hybridized carbons (Fsp3) is 0.933. The van der Waals surface area contributed by atoms with Crippen LogP contribution in [0.25, 0.3) is 0 Å². The van der Waals surface area contributed by atoms with Gasteiger partial charge in [0.15, 0.2) is 0 Å². The van der Waals surface area contributed by atoms with Crippen LogP contribution in [-0.4, -0.2) is 54.0 Å². The van der Waals surface area contributed by atoms with Gasteiger partial charge in [-0.3, -0.25) is 9.69 Å². The lowest BCUT2D eigenvalue weighted by atomic mass is 9.78. The molecule has 1 amide bonds. The van der Waals surface area contributed by atoms with Crippen molar-refractivity contribution in [2.24, 2.45) is 17.6 Å². The Morgan fingerprint density at radius 3 is 2.63 bits per heavy atom. The molecular weight excluding hydrogens is 238 g/mol. The number of rotatable bonds is 2. The first-order valence-electron chi connectivity index (χ1n) is 7.81. The van der Waals surface area contributed by atoms with E-state index < -0.39 is 0 Å². The van der Waals surface area contributed by atoms with E-state index in [1.54, 1.807) is 0 Å². The smallest absolute Gasteiger partial charge is 0.227 e. The zero-order valence-corrected chi connectivity index (χ0v) is 12.6. The van der Waals surface area contributed by atoms with Gasteiger partial charge in [0.25, 0.3) is 0 Å². The van der Waals surface area contributed by atoms with Crippen LogP contribution in [0, 0.1) is 11.8 Å². The summed E-state index contributed by atoms with van der Waals surface area (Å²) in [7, 11) is 0. The van der Waals surface area contributed by atoms with E-state index in [0.29, 0.717) is 17.9 Å². The molecule has 110 valence electrons. The number of piperazine rings is 1. The van der Waals surface area contributed by atoms with E-state index >= 15 is 0 Å². The Morgan fingerprint density at radius 1 is 1.26 bits per heavy atom. The van der Waals surface area contributed by atoms with Gasteiger partial charge in [0.1, 0.15) is 0 Å². The number of hydrogen-bond acceptors (Lipinski definition) is 3. The van der Waals surface area contributed by atoms with Crippen LogP contribution < -0.4 is 5.73 Å². The van der Waals surface area contributed by atoms with Crippen LogP contribution in [0.5, 0.6) is 0 Å². The molecule has 2 aliphatic rings. The molecule has 4 nitrogen and oxygen atoms in total. The average Bonchev–Trinajstić information content (AvgIpc) is 2.40. The molecule has 0 aromatic rings. The summed E-state index contributed by atoms with van der Waals surface area (Å²) in [4.78, 5) is 17.2. The quantitative estimate of drug-likeness (QED) is 0.820. The van der Waals surface area contributed by atoms with Crippen molar-refractivity contribution in [3.8, 4) is 0 Å². The van der Waals surface area contributed by atoms with Crippen LogP contribution >= 0.6 is 0 Å². The second-order valence-electron chi connectivity index (χ2n) is 6.45. The van der Waals surface area contributed by atoms with Crippen LogP contribution in [0.15, 0.2) is 0 Å². The number of carbonyl (C=O) groups is 1. The number of hydrogen-bond donors (Lipinski definition) is 1. The molecule has 4 atom stereocenters. The van der Waals surface area contributed by atoms with E-state index in [-0.39, 0.29) is 12.0 Å². The van der Waals surface area contributed by atoms with E-state index in [9.17, 15) is 4.79 Å². The lowest BCUT2D eigenvalue weighted by Crippen LogP contribution is -2.56. The normalized spacial score (nSPS) is 37.4. The Bertz CT molecular complexity index is 321. The van der Waals surface area contributed by atoms with Crippen molar-refractivity contribution in [3.05, 3.63) is 0 Å². The molecule has 1 aliphatic carbocycles. The summed E-state index contributed by atoms with van der Waals surface area (Å²) >= 11 is 0. The van der Waals surface area contributed by atoms with E-state index in [2.05, 4.69) is 30.6 Å². The molecular formula is C15H29N3O. The van der Waals surface area contributed by atoms with E-state index in [4.69, 9.17) is 5.73 Å². The van der Waals surface area contributed by atoms with Crippen molar-refractivity contribution in [2.45, 2.75) is 52.1 Å². The zero-order valence-electron chi connectivity index (χ0n) is 12.6. The maximum Gasteiger partial charge on any atom is 0.227 e. The van der Waals surface area contributed by atoms with Crippen molar-refractivity contribution < 1.29 is 4.79 Å². The fourth-order valence-electron chi connectivity index (χ4n) is 3.59. The van der Waals surface area contributed by atoms with Crippen molar-refractivity contribution in [2.75, 3.05) is 26.2 Å². The lowest BCUT2D eigenvalue weighted by molar-refractivity contribution is -0.140. The highest BCUT2D eigenvalue weighted by atomic mass is 16.2. The minimum absolute atomic E-state index is 0.0594. The molecule has 0 bridgehead atoms. The van der Waals surface area contributed by atoms with Gasteiger partial charge in [0.05, 0.1) is 5.92 Å². The predicted octanol–water partition coefficient (Wildman–Crippen LogP) is 1.30. The fourth-order valence-corrected chi connectivity index (χ4v) is 3.59. The molecule has 2 fully saturated rings. The van der Waals surface area contributed by atoms with E-state index in [1.165, 1.54) is 6.42 Å². The molecule has 1 aliphatic heterocycles. The Hall–Kier alpha value is -0.610. The molecule has 19 heavy (non-hydrogen) atoms. The highest BCUT2D eigenvalue weighted by Crippen LogP contribution is 2.29. The van der Waals surface area contributed by atoms with Gasteiger partial charge < -0.3 is 10.6 Å². The molecule has 0 radical (unpaired) electrons. The highest BCUT2D eigenvalue weighted by molar-refractivity contribution is 5.80. The Balaban J connectivity index is 1.96. The van der Waals surface area contributed by atoms with Crippen LogP contribution in [0.4, 0.5) is 0 Å². The molecule has 4 heteroatoms. The summed E-state index contributed by atoms with van der Waals surface area (Å²) in [5, 5.41) is 0. The van der Waals surface area contributed by atoms with Crippen molar-refractivity contribution in [1.29, 1.82) is 0 Å². The summed E-state index contributed by atoms with van der Waals surface area (Å²) in [6, 6.07) is 0.545. The highest BCUT2D eigenvalue weighted by Gasteiger charge is 2.36. The van der Waals surface area contributed by atoms with Gasteiger partial charge in [-0.05, 0) is 38.6 Å². The molecule has 2 N–H and O–H groups in total. The minimum atomic E-state index is 0.0594. The van der Waals surface area contributed by atoms with Gasteiger partial charge in [-0.25, -0.2) is 0 Å². The maximum atomic E-state index is 12.7. The molecule has 0 aromatic heterocycles. The van der Waals surface area contributed by atoms with Gasteiger partial charge in [-0.1, -0.05) is 13.8 Å². The van der Waals surface area contributed by atoms with Gasteiger partial charge in [-0.15, -0.1) is 0 Å². The number of carbonyl (C=O) groups excluding carboxylic acids is 1. The average molecular weight is 267 g/mol. The first-order valence-corrected chi connectivity index (χ1v) is 7.81. The molecule has 1 saturated heterocycles. The Kier molecular flexibility index (Phi) is 4.85. The minimum Gasteiger partial charge on any atom is -0.340 e. The van der Waals surface area contributed by atoms with Crippen molar-refractivity contribution in [1.82, 2.24) is 9.80 Å². The molecule has 1 heterocycles. The number of amides is 1. The first kappa shape index (κ1) is 14.8. The van der Waals surface area contributed by atoms with Crippen LogP contribution in [0.3, 0.4) is 0 Å². The van der Waals surface area contributed by atoms with Crippen molar-refractivity contribution in [3.63, 3.8) is 0 Å². The van der Waals surface area contributed by atoms with Gasteiger partial charge >= 0.3 is 0 Å². The Labute approximate surface area is 117 Å². The monoisotopic (exact) mass is 267 g/mol. The second-order valence-corrected chi connectivity index (χ2v) is 6.45. The number of nitrogens with two attached hydrogens (primary N) is 1.